The molecule has 0 radical (unpaired) electrons. The lowest BCUT2D eigenvalue weighted by Gasteiger charge is -2.25. The van der Waals surface area contributed by atoms with Crippen LogP contribution in [0.1, 0.15) is 50.4 Å². The van der Waals surface area contributed by atoms with Crippen molar-refractivity contribution in [3.05, 3.63) is 130 Å². The van der Waals surface area contributed by atoms with Gasteiger partial charge in [-0.1, -0.05) is 77.0 Å². The number of halogens is 2. The number of rotatable bonds is 10. The monoisotopic (exact) mass is 716 g/mol. The fourth-order valence-corrected chi connectivity index (χ4v) is 7.28. The molecule has 5 aromatic rings. The highest BCUT2D eigenvalue weighted by molar-refractivity contribution is 7.07. The summed E-state index contributed by atoms with van der Waals surface area (Å²) in [7, 11) is 1.55. The molecule has 1 aliphatic rings. The summed E-state index contributed by atoms with van der Waals surface area (Å²) < 4.78 is 25.4. The van der Waals surface area contributed by atoms with Gasteiger partial charge in [-0.3, -0.25) is 9.36 Å². The predicted octanol–water partition coefficient (Wildman–Crippen LogP) is 7.63. The van der Waals surface area contributed by atoms with Gasteiger partial charge in [0.2, 0.25) is 0 Å². The van der Waals surface area contributed by atoms with Crippen LogP contribution in [0.15, 0.2) is 93.9 Å². The van der Waals surface area contributed by atoms with Gasteiger partial charge in [-0.2, -0.15) is 0 Å². The van der Waals surface area contributed by atoms with Crippen LogP contribution >= 0.6 is 34.5 Å². The molecule has 0 saturated carbocycles. The number of aromatic nitrogens is 1. The molecule has 6 rings (SSSR count). The first-order valence-corrected chi connectivity index (χ1v) is 17.3. The number of benzene rings is 4. The second-order valence-corrected chi connectivity index (χ2v) is 13.5. The minimum absolute atomic E-state index is 0.0826. The van der Waals surface area contributed by atoms with E-state index in [2.05, 4.69) is 0 Å². The summed E-state index contributed by atoms with van der Waals surface area (Å²) in [6.07, 6.45) is 1.74. The van der Waals surface area contributed by atoms with Gasteiger partial charge in [0.05, 0.1) is 41.7 Å². The Morgan fingerprint density at radius 2 is 1.80 bits per heavy atom. The van der Waals surface area contributed by atoms with Gasteiger partial charge < -0.3 is 18.9 Å². The van der Waals surface area contributed by atoms with Crippen molar-refractivity contribution in [2.75, 3.05) is 13.7 Å². The Balaban J connectivity index is 1.52. The molecule has 1 atom stereocenters. The van der Waals surface area contributed by atoms with Gasteiger partial charge in [0.1, 0.15) is 12.4 Å². The van der Waals surface area contributed by atoms with Crippen molar-refractivity contribution in [3.63, 3.8) is 0 Å². The molecule has 1 aromatic heterocycles. The SMILES string of the molecule is CCOC(=O)C1=C(C)N=c2s/c(=C/c3c(OCc4ccc(Cl)cc4Cl)ccc4ccccc34)c(=O)n2[C@H]1c1ccc(OC(C)C)c(OC)c1. The summed E-state index contributed by atoms with van der Waals surface area (Å²) in [6, 6.07) is 21.6. The number of thiazole rings is 1. The zero-order valence-electron chi connectivity index (χ0n) is 27.6. The van der Waals surface area contributed by atoms with Gasteiger partial charge in [0.25, 0.3) is 5.56 Å². The lowest BCUT2D eigenvalue weighted by Crippen LogP contribution is -2.40. The highest BCUT2D eigenvalue weighted by atomic mass is 35.5. The Labute approximate surface area is 297 Å². The first-order chi connectivity index (χ1) is 23.6. The standard InChI is InChI=1S/C38H34Cl2N2O6S/c1-6-46-37(44)34-22(4)41-38-42(35(34)24-13-16-31(48-21(2)3)32(17-24)45-5)36(43)33(49-38)19-28-27-10-8-7-9-23(27)12-15-30(28)47-20-25-11-14-26(39)18-29(25)40/h7-19,21,35H,6,20H2,1-5H3/b33-19+/t35-/m0/s1. The van der Waals surface area contributed by atoms with E-state index in [9.17, 15) is 9.59 Å². The van der Waals surface area contributed by atoms with Crippen LogP contribution in [-0.4, -0.2) is 30.4 Å². The maximum Gasteiger partial charge on any atom is 0.338 e. The minimum atomic E-state index is -0.824. The van der Waals surface area contributed by atoms with Crippen molar-refractivity contribution in [2.45, 2.75) is 46.4 Å². The van der Waals surface area contributed by atoms with E-state index < -0.39 is 12.0 Å². The molecule has 0 unspecified atom stereocenters. The largest absolute Gasteiger partial charge is 0.493 e. The Morgan fingerprint density at radius 3 is 2.53 bits per heavy atom. The average Bonchev–Trinajstić information content (AvgIpc) is 3.38. The first kappa shape index (κ1) is 34.3. The second kappa shape index (κ2) is 14.5. The molecule has 252 valence electrons. The normalized spacial score (nSPS) is 14.5. The summed E-state index contributed by atoms with van der Waals surface area (Å²) in [4.78, 5) is 33.1. The zero-order chi connectivity index (χ0) is 34.8. The van der Waals surface area contributed by atoms with Gasteiger partial charge in [-0.15, -0.1) is 0 Å². The number of allylic oxidation sites excluding steroid dienone is 1. The van der Waals surface area contributed by atoms with Crippen molar-refractivity contribution in [2.24, 2.45) is 4.99 Å². The van der Waals surface area contributed by atoms with E-state index in [1.165, 1.54) is 11.3 Å². The predicted molar refractivity (Wildman–Crippen MR) is 194 cm³/mol. The molecule has 0 bridgehead atoms. The van der Waals surface area contributed by atoms with E-state index in [1.807, 2.05) is 68.5 Å². The van der Waals surface area contributed by atoms with Crippen LogP contribution in [0.3, 0.4) is 0 Å². The number of carbonyl (C=O) groups excluding carboxylic acids is 1. The van der Waals surface area contributed by atoms with Crippen LogP contribution in [0.2, 0.25) is 10.0 Å². The lowest BCUT2D eigenvalue weighted by molar-refractivity contribution is -0.139. The van der Waals surface area contributed by atoms with Gasteiger partial charge in [0.15, 0.2) is 16.3 Å². The van der Waals surface area contributed by atoms with Crippen LogP contribution in [-0.2, 0) is 16.1 Å². The molecule has 0 N–H and O–H groups in total. The number of ether oxygens (including phenoxy) is 4. The van der Waals surface area contributed by atoms with Gasteiger partial charge in [-0.05, 0) is 80.4 Å². The van der Waals surface area contributed by atoms with E-state index in [-0.39, 0.29) is 30.5 Å². The number of carbonyl (C=O) groups is 1. The fourth-order valence-electron chi connectivity index (χ4n) is 5.79. The quantitative estimate of drug-likeness (QED) is 0.138. The van der Waals surface area contributed by atoms with Crippen LogP contribution in [0.4, 0.5) is 0 Å². The zero-order valence-corrected chi connectivity index (χ0v) is 29.9. The average molecular weight is 718 g/mol. The number of methoxy groups -OCH3 is 1. The molecular weight excluding hydrogens is 683 g/mol. The Morgan fingerprint density at radius 1 is 1.02 bits per heavy atom. The Hall–Kier alpha value is -4.57. The Kier molecular flexibility index (Phi) is 10.2. The van der Waals surface area contributed by atoms with E-state index in [0.29, 0.717) is 47.9 Å². The summed E-state index contributed by atoms with van der Waals surface area (Å²) >= 11 is 13.8. The molecule has 4 aromatic carbocycles. The topological polar surface area (TPSA) is 88.4 Å². The van der Waals surface area contributed by atoms with Crippen molar-refractivity contribution in [1.29, 1.82) is 0 Å². The van der Waals surface area contributed by atoms with Crippen molar-refractivity contribution in [3.8, 4) is 17.2 Å². The molecule has 0 aliphatic carbocycles. The van der Waals surface area contributed by atoms with Crippen LogP contribution in [0.25, 0.3) is 16.8 Å². The van der Waals surface area contributed by atoms with Crippen molar-refractivity contribution in [1.82, 2.24) is 4.57 Å². The molecule has 0 spiro atoms. The smallest absolute Gasteiger partial charge is 0.338 e. The van der Waals surface area contributed by atoms with Crippen LogP contribution in [0, 0.1) is 0 Å². The molecule has 0 amide bonds. The highest BCUT2D eigenvalue weighted by Crippen LogP contribution is 2.37. The Bertz CT molecular complexity index is 2290. The van der Waals surface area contributed by atoms with E-state index >= 15 is 0 Å². The van der Waals surface area contributed by atoms with E-state index in [4.69, 9.17) is 47.1 Å². The molecule has 0 saturated heterocycles. The highest BCUT2D eigenvalue weighted by Gasteiger charge is 2.34. The number of fused-ring (bicyclic) bond motifs is 2. The first-order valence-electron chi connectivity index (χ1n) is 15.7. The second-order valence-electron chi connectivity index (χ2n) is 11.6. The third-order valence-electron chi connectivity index (χ3n) is 7.99. The minimum Gasteiger partial charge on any atom is -0.493 e. The third kappa shape index (κ3) is 6.97. The van der Waals surface area contributed by atoms with Crippen LogP contribution in [0.5, 0.6) is 17.2 Å². The molecule has 2 heterocycles. The van der Waals surface area contributed by atoms with Crippen LogP contribution < -0.4 is 29.1 Å². The summed E-state index contributed by atoms with van der Waals surface area (Å²) in [5.41, 5.74) is 2.56. The maximum absolute atomic E-state index is 14.5. The van der Waals surface area contributed by atoms with E-state index in [1.54, 1.807) is 49.8 Å². The number of nitrogens with zero attached hydrogens (tertiary/aromatic N) is 2. The fraction of sp³-hybridized carbons (Fsp3) is 0.237. The van der Waals surface area contributed by atoms with Crippen molar-refractivity contribution < 1.29 is 23.7 Å². The van der Waals surface area contributed by atoms with Gasteiger partial charge in [-0.25, -0.2) is 9.79 Å². The number of hydrogen-bond donors (Lipinski definition) is 0. The van der Waals surface area contributed by atoms with Crippen molar-refractivity contribution >= 4 is 57.4 Å². The number of esters is 1. The molecule has 1 aliphatic heterocycles. The maximum atomic E-state index is 14.5. The third-order valence-corrected chi connectivity index (χ3v) is 9.56. The molecule has 0 fully saturated rings. The molecular formula is C38H34Cl2N2O6S. The molecule has 11 heteroatoms. The lowest BCUT2D eigenvalue weighted by atomic mass is 9.95. The number of hydrogen-bond acceptors (Lipinski definition) is 8. The van der Waals surface area contributed by atoms with E-state index in [0.717, 1.165) is 21.9 Å². The van der Waals surface area contributed by atoms with Gasteiger partial charge in [0, 0.05) is 21.2 Å². The molecule has 8 nitrogen and oxygen atoms in total. The van der Waals surface area contributed by atoms with Gasteiger partial charge >= 0.3 is 5.97 Å². The summed E-state index contributed by atoms with van der Waals surface area (Å²) in [6.45, 7) is 7.70. The molecule has 49 heavy (non-hydrogen) atoms. The summed E-state index contributed by atoms with van der Waals surface area (Å²) in [5, 5.41) is 2.91. The summed E-state index contributed by atoms with van der Waals surface area (Å²) in [5.74, 6) is 1.05.